The molecule has 36 heavy (non-hydrogen) atoms. The number of benzene rings is 1. The molecule has 4 heterocycles. The molecule has 1 N–H and O–H groups in total. The van der Waals surface area contributed by atoms with Crippen LogP contribution in [-0.2, 0) is 13.1 Å². The number of carbonyl (C=O) groups is 1. The van der Waals surface area contributed by atoms with E-state index in [0.717, 1.165) is 43.0 Å². The first-order valence-electron chi connectivity index (χ1n) is 11.8. The third-order valence-electron chi connectivity index (χ3n) is 6.70. The molecule has 1 saturated heterocycles. The zero-order valence-corrected chi connectivity index (χ0v) is 21.4. The number of hydrogen-bond donors (Lipinski definition) is 1. The molecule has 5 rings (SSSR count). The highest BCUT2D eigenvalue weighted by molar-refractivity contribution is 6.33. The van der Waals surface area contributed by atoms with E-state index in [4.69, 9.17) is 21.1 Å². The van der Waals surface area contributed by atoms with Gasteiger partial charge in [-0.05, 0) is 31.3 Å². The van der Waals surface area contributed by atoms with Crippen molar-refractivity contribution in [2.75, 3.05) is 57.7 Å². The van der Waals surface area contributed by atoms with Gasteiger partial charge in [-0.1, -0.05) is 11.6 Å². The molecule has 1 aromatic carbocycles. The molecule has 3 aromatic rings. The van der Waals surface area contributed by atoms with Crippen molar-refractivity contribution in [3.63, 3.8) is 0 Å². The van der Waals surface area contributed by atoms with Gasteiger partial charge in [-0.15, -0.1) is 0 Å². The average molecular weight is 509 g/mol. The van der Waals surface area contributed by atoms with Crippen molar-refractivity contribution in [1.82, 2.24) is 19.8 Å². The van der Waals surface area contributed by atoms with Gasteiger partial charge >= 0.3 is 0 Å². The zero-order valence-electron chi connectivity index (χ0n) is 20.6. The molecule has 0 spiro atoms. The Hall–Kier alpha value is -3.56. The number of likely N-dealkylation sites (N-methyl/N-ethyl adjacent to an activating group) is 1. The zero-order chi connectivity index (χ0) is 25.2. The van der Waals surface area contributed by atoms with Crippen LogP contribution in [0.25, 0.3) is 0 Å². The third kappa shape index (κ3) is 4.76. The standard InChI is InChI=1S/C26H29ClN6O3/c1-31-8-10-32(11-9-31)19-5-7-22(28-14-19)30-24-23-18(13-29-25(24)27)16-33(26(23)34)15-17-4-6-20(35-2)12-21(17)36-3/h4-7,12-14H,8-11,15-16H2,1-3H3,(H,28,30). The highest BCUT2D eigenvalue weighted by atomic mass is 35.5. The molecule has 2 aliphatic rings. The number of ether oxygens (including phenoxy) is 2. The quantitative estimate of drug-likeness (QED) is 0.483. The predicted molar refractivity (Wildman–Crippen MR) is 140 cm³/mol. The highest BCUT2D eigenvalue weighted by Gasteiger charge is 2.32. The van der Waals surface area contributed by atoms with Gasteiger partial charge < -0.3 is 29.5 Å². The largest absolute Gasteiger partial charge is 0.497 e. The maximum atomic E-state index is 13.5. The Labute approximate surface area is 215 Å². The van der Waals surface area contributed by atoms with Crippen molar-refractivity contribution in [3.05, 3.63) is 64.6 Å². The van der Waals surface area contributed by atoms with Crippen LogP contribution in [0.2, 0.25) is 5.15 Å². The fourth-order valence-electron chi connectivity index (χ4n) is 4.60. The number of halogens is 1. The number of nitrogens with one attached hydrogen (secondary N) is 1. The predicted octanol–water partition coefficient (Wildman–Crippen LogP) is 3.80. The summed E-state index contributed by atoms with van der Waals surface area (Å²) >= 11 is 6.46. The minimum atomic E-state index is -0.122. The summed E-state index contributed by atoms with van der Waals surface area (Å²) in [5.74, 6) is 1.84. The van der Waals surface area contributed by atoms with Crippen LogP contribution >= 0.6 is 11.6 Å². The molecule has 0 aliphatic carbocycles. The lowest BCUT2D eigenvalue weighted by Crippen LogP contribution is -2.44. The Bertz CT molecular complexity index is 1260. The smallest absolute Gasteiger partial charge is 0.257 e. The van der Waals surface area contributed by atoms with Gasteiger partial charge in [0.15, 0.2) is 5.15 Å². The first kappa shape index (κ1) is 24.1. The number of aromatic nitrogens is 2. The summed E-state index contributed by atoms with van der Waals surface area (Å²) < 4.78 is 10.8. The van der Waals surface area contributed by atoms with Gasteiger partial charge in [-0.2, -0.15) is 0 Å². The SMILES string of the molecule is COc1ccc(CN2Cc3cnc(Cl)c(Nc4ccc(N5CCN(C)CC5)cn4)c3C2=O)c(OC)c1. The van der Waals surface area contributed by atoms with Crippen molar-refractivity contribution in [2.24, 2.45) is 0 Å². The Kier molecular flexibility index (Phi) is 6.84. The van der Waals surface area contributed by atoms with Gasteiger partial charge in [0.25, 0.3) is 5.91 Å². The van der Waals surface area contributed by atoms with E-state index in [-0.39, 0.29) is 11.1 Å². The van der Waals surface area contributed by atoms with Gasteiger partial charge in [0.2, 0.25) is 0 Å². The second-order valence-corrected chi connectivity index (χ2v) is 9.34. The fraction of sp³-hybridized carbons (Fsp3) is 0.346. The lowest BCUT2D eigenvalue weighted by Gasteiger charge is -2.33. The highest BCUT2D eigenvalue weighted by Crippen LogP contribution is 2.36. The van der Waals surface area contributed by atoms with E-state index in [2.05, 4.69) is 32.1 Å². The van der Waals surface area contributed by atoms with Crippen LogP contribution in [0.5, 0.6) is 11.5 Å². The average Bonchev–Trinajstić information content (AvgIpc) is 3.22. The minimum Gasteiger partial charge on any atom is -0.497 e. The van der Waals surface area contributed by atoms with Crippen LogP contribution in [0.1, 0.15) is 21.5 Å². The van der Waals surface area contributed by atoms with Gasteiger partial charge in [0, 0.05) is 62.7 Å². The summed E-state index contributed by atoms with van der Waals surface area (Å²) in [6, 6.07) is 9.52. The van der Waals surface area contributed by atoms with Crippen LogP contribution in [-0.4, -0.2) is 73.1 Å². The maximum absolute atomic E-state index is 13.5. The van der Waals surface area contributed by atoms with E-state index in [1.165, 1.54) is 0 Å². The Morgan fingerprint density at radius 3 is 2.53 bits per heavy atom. The lowest BCUT2D eigenvalue weighted by molar-refractivity contribution is 0.0766. The van der Waals surface area contributed by atoms with Crippen molar-refractivity contribution in [3.8, 4) is 11.5 Å². The van der Waals surface area contributed by atoms with Crippen molar-refractivity contribution < 1.29 is 14.3 Å². The second kappa shape index (κ2) is 10.2. The molecule has 9 nitrogen and oxygen atoms in total. The third-order valence-corrected chi connectivity index (χ3v) is 6.98. The Morgan fingerprint density at radius 2 is 1.83 bits per heavy atom. The van der Waals surface area contributed by atoms with E-state index < -0.39 is 0 Å². The molecule has 0 atom stereocenters. The molecular formula is C26H29ClN6O3. The Morgan fingerprint density at radius 1 is 1.03 bits per heavy atom. The first-order chi connectivity index (χ1) is 17.5. The van der Waals surface area contributed by atoms with Crippen LogP contribution in [0, 0.1) is 0 Å². The second-order valence-electron chi connectivity index (χ2n) is 8.98. The molecule has 0 radical (unpaired) electrons. The molecule has 0 bridgehead atoms. The molecule has 1 fully saturated rings. The summed E-state index contributed by atoms with van der Waals surface area (Å²) in [5.41, 5.74) is 3.77. The molecule has 188 valence electrons. The van der Waals surface area contributed by atoms with Gasteiger partial charge in [-0.25, -0.2) is 9.97 Å². The van der Waals surface area contributed by atoms with E-state index in [9.17, 15) is 4.79 Å². The molecule has 2 aliphatic heterocycles. The number of anilines is 3. The number of hydrogen-bond acceptors (Lipinski definition) is 8. The number of nitrogens with zero attached hydrogens (tertiary/aromatic N) is 5. The molecule has 1 amide bonds. The van der Waals surface area contributed by atoms with Gasteiger partial charge in [0.05, 0.1) is 37.4 Å². The van der Waals surface area contributed by atoms with E-state index in [1.54, 1.807) is 25.3 Å². The first-order valence-corrected chi connectivity index (χ1v) is 12.2. The number of methoxy groups -OCH3 is 2. The molecular weight excluding hydrogens is 480 g/mol. The van der Waals surface area contributed by atoms with Crippen LogP contribution < -0.4 is 19.7 Å². The molecule has 0 unspecified atom stereocenters. The summed E-state index contributed by atoms with van der Waals surface area (Å²) in [5, 5.41) is 3.47. The number of piperazine rings is 1. The number of rotatable bonds is 7. The summed E-state index contributed by atoms with van der Waals surface area (Å²) in [7, 11) is 5.34. The summed E-state index contributed by atoms with van der Waals surface area (Å²) in [6.45, 7) is 4.80. The van der Waals surface area contributed by atoms with Gasteiger partial charge in [-0.3, -0.25) is 4.79 Å². The van der Waals surface area contributed by atoms with E-state index in [0.29, 0.717) is 41.7 Å². The number of amides is 1. The van der Waals surface area contributed by atoms with Crippen molar-refractivity contribution >= 4 is 34.7 Å². The molecule has 2 aromatic heterocycles. The fourth-order valence-corrected chi connectivity index (χ4v) is 4.79. The van der Waals surface area contributed by atoms with Crippen molar-refractivity contribution in [1.29, 1.82) is 0 Å². The Balaban J connectivity index is 1.35. The van der Waals surface area contributed by atoms with Crippen LogP contribution in [0.4, 0.5) is 17.2 Å². The summed E-state index contributed by atoms with van der Waals surface area (Å²) in [4.78, 5) is 28.8. The van der Waals surface area contributed by atoms with E-state index in [1.807, 2.05) is 36.5 Å². The maximum Gasteiger partial charge on any atom is 0.257 e. The lowest BCUT2D eigenvalue weighted by atomic mass is 10.1. The molecule has 0 saturated carbocycles. The normalized spacial score (nSPS) is 15.7. The van der Waals surface area contributed by atoms with Crippen LogP contribution in [0.15, 0.2) is 42.7 Å². The number of carbonyl (C=O) groups excluding carboxylic acids is 1. The monoisotopic (exact) mass is 508 g/mol. The van der Waals surface area contributed by atoms with Gasteiger partial charge in [0.1, 0.15) is 17.3 Å². The van der Waals surface area contributed by atoms with Crippen molar-refractivity contribution in [2.45, 2.75) is 13.1 Å². The topological polar surface area (TPSA) is 83.1 Å². The van der Waals surface area contributed by atoms with E-state index >= 15 is 0 Å². The number of fused-ring (bicyclic) bond motifs is 1. The molecule has 10 heteroatoms. The summed E-state index contributed by atoms with van der Waals surface area (Å²) in [6.07, 6.45) is 3.51. The number of pyridine rings is 2. The minimum absolute atomic E-state index is 0.122. The van der Waals surface area contributed by atoms with Crippen LogP contribution in [0.3, 0.4) is 0 Å².